The van der Waals surface area contributed by atoms with Gasteiger partial charge in [0, 0.05) is 11.3 Å². The molecule has 1 aliphatic rings. The largest absolute Gasteiger partial charge is 0.489 e. The summed E-state index contributed by atoms with van der Waals surface area (Å²) in [6.07, 6.45) is 5.69. The monoisotopic (exact) mass is 374 g/mol. The highest BCUT2D eigenvalue weighted by Gasteiger charge is 2.21. The lowest BCUT2D eigenvalue weighted by atomic mass is 9.96. The second-order valence-electron chi connectivity index (χ2n) is 6.78. The topological polar surface area (TPSA) is 79.4 Å². The molecule has 142 valence electrons. The van der Waals surface area contributed by atoms with Crippen molar-refractivity contribution < 1.29 is 9.53 Å². The van der Waals surface area contributed by atoms with Crippen LogP contribution in [-0.2, 0) is 19.4 Å². The average molecular weight is 374 g/mol. The number of nitrogens with zero attached hydrogens (tertiary/aromatic N) is 2. The van der Waals surface area contributed by atoms with Gasteiger partial charge in [0.05, 0.1) is 6.21 Å². The quantitative estimate of drug-likeness (QED) is 0.511. The number of amides is 1. The molecule has 0 bridgehead atoms. The number of ether oxygens (including phenoxy) is 1. The molecule has 0 fully saturated rings. The number of rotatable bonds is 6. The Labute approximate surface area is 163 Å². The highest BCUT2D eigenvalue weighted by Crippen LogP contribution is 2.22. The van der Waals surface area contributed by atoms with Crippen LogP contribution in [0.3, 0.4) is 0 Å². The van der Waals surface area contributed by atoms with Crippen LogP contribution >= 0.6 is 0 Å². The maximum absolute atomic E-state index is 12.3. The van der Waals surface area contributed by atoms with E-state index >= 15 is 0 Å². The standard InChI is InChI=1S/C22H22N4O2/c27-22(21-19-8-4-5-9-20(19)24-25-21)26-23-14-16-10-12-18(13-11-16)28-15-17-6-2-1-3-7-17/h1-3,6-7,10-14H,4-5,8-9,15H2,(H,24,25)(H,26,27)/b23-14+. The van der Waals surface area contributed by atoms with Crippen LogP contribution in [0, 0.1) is 0 Å². The van der Waals surface area contributed by atoms with Gasteiger partial charge in [-0.1, -0.05) is 30.3 Å². The molecule has 28 heavy (non-hydrogen) atoms. The van der Waals surface area contributed by atoms with Crippen molar-refractivity contribution in [1.29, 1.82) is 0 Å². The summed E-state index contributed by atoms with van der Waals surface area (Å²) in [7, 11) is 0. The summed E-state index contributed by atoms with van der Waals surface area (Å²) in [5, 5.41) is 11.2. The van der Waals surface area contributed by atoms with Crippen LogP contribution in [0.25, 0.3) is 0 Å². The van der Waals surface area contributed by atoms with Crippen LogP contribution < -0.4 is 10.2 Å². The molecular formula is C22H22N4O2. The number of carbonyl (C=O) groups is 1. The fourth-order valence-corrected chi connectivity index (χ4v) is 3.28. The molecule has 1 heterocycles. The van der Waals surface area contributed by atoms with Gasteiger partial charge in [0.2, 0.25) is 0 Å². The highest BCUT2D eigenvalue weighted by atomic mass is 16.5. The number of fused-ring (bicyclic) bond motifs is 1. The number of hydrogen-bond acceptors (Lipinski definition) is 4. The number of aromatic amines is 1. The lowest BCUT2D eigenvalue weighted by Crippen LogP contribution is -2.20. The Morgan fingerprint density at radius 2 is 1.89 bits per heavy atom. The normalized spacial score (nSPS) is 13.3. The number of hydrazone groups is 1. The maximum atomic E-state index is 12.3. The van der Waals surface area contributed by atoms with Gasteiger partial charge < -0.3 is 4.74 Å². The third-order valence-electron chi connectivity index (χ3n) is 4.78. The number of nitrogens with one attached hydrogen (secondary N) is 2. The van der Waals surface area contributed by atoms with Crippen LogP contribution in [-0.4, -0.2) is 22.3 Å². The third kappa shape index (κ3) is 4.28. The van der Waals surface area contributed by atoms with Crippen molar-refractivity contribution >= 4 is 12.1 Å². The molecule has 0 atom stereocenters. The Balaban J connectivity index is 1.31. The zero-order valence-electron chi connectivity index (χ0n) is 15.5. The summed E-state index contributed by atoms with van der Waals surface area (Å²) >= 11 is 0. The highest BCUT2D eigenvalue weighted by molar-refractivity contribution is 5.94. The van der Waals surface area contributed by atoms with Gasteiger partial charge in [-0.3, -0.25) is 9.89 Å². The van der Waals surface area contributed by atoms with Crippen molar-refractivity contribution in [1.82, 2.24) is 15.6 Å². The van der Waals surface area contributed by atoms with Gasteiger partial charge in [-0.2, -0.15) is 10.2 Å². The van der Waals surface area contributed by atoms with E-state index in [0.29, 0.717) is 12.3 Å². The van der Waals surface area contributed by atoms with Gasteiger partial charge >= 0.3 is 0 Å². The first-order valence-electron chi connectivity index (χ1n) is 9.46. The zero-order chi connectivity index (χ0) is 19.2. The molecule has 0 saturated carbocycles. The molecule has 0 unspecified atom stereocenters. The van der Waals surface area contributed by atoms with Gasteiger partial charge in [-0.05, 0) is 61.1 Å². The van der Waals surface area contributed by atoms with Crippen molar-refractivity contribution in [2.24, 2.45) is 5.10 Å². The van der Waals surface area contributed by atoms with E-state index in [1.54, 1.807) is 6.21 Å². The van der Waals surface area contributed by atoms with Gasteiger partial charge in [-0.15, -0.1) is 0 Å². The summed E-state index contributed by atoms with van der Waals surface area (Å²) in [5.41, 5.74) is 7.11. The first-order chi connectivity index (χ1) is 13.8. The predicted molar refractivity (Wildman–Crippen MR) is 108 cm³/mol. The van der Waals surface area contributed by atoms with Crippen molar-refractivity contribution in [3.63, 3.8) is 0 Å². The van der Waals surface area contributed by atoms with Crippen LogP contribution in [0.15, 0.2) is 59.7 Å². The Kier molecular flexibility index (Phi) is 5.47. The number of H-pyrrole nitrogens is 1. The number of carbonyl (C=O) groups excluding carboxylic acids is 1. The predicted octanol–water partition coefficient (Wildman–Crippen LogP) is 3.63. The molecule has 0 spiro atoms. The van der Waals surface area contributed by atoms with E-state index in [1.165, 1.54) is 0 Å². The SMILES string of the molecule is O=C(N/N=C/c1ccc(OCc2ccccc2)cc1)c1n[nH]c2c1CCCC2. The first kappa shape index (κ1) is 18.0. The maximum Gasteiger partial charge on any atom is 0.292 e. The molecule has 1 aromatic heterocycles. The van der Waals surface area contributed by atoms with E-state index in [-0.39, 0.29) is 5.91 Å². The Hall–Kier alpha value is -3.41. The molecule has 1 amide bonds. The third-order valence-corrected chi connectivity index (χ3v) is 4.78. The zero-order valence-corrected chi connectivity index (χ0v) is 15.5. The van der Waals surface area contributed by atoms with Gasteiger partial charge in [0.25, 0.3) is 5.91 Å². The summed E-state index contributed by atoms with van der Waals surface area (Å²) in [6.45, 7) is 0.526. The van der Waals surface area contributed by atoms with E-state index < -0.39 is 0 Å². The second kappa shape index (κ2) is 8.52. The van der Waals surface area contributed by atoms with Crippen molar-refractivity contribution in [3.05, 3.63) is 82.7 Å². The molecule has 0 saturated heterocycles. The second-order valence-corrected chi connectivity index (χ2v) is 6.78. The van der Waals surface area contributed by atoms with Crippen LogP contribution in [0.4, 0.5) is 0 Å². The summed E-state index contributed by atoms with van der Waals surface area (Å²) < 4.78 is 5.77. The molecular weight excluding hydrogens is 352 g/mol. The molecule has 6 nitrogen and oxygen atoms in total. The molecule has 4 rings (SSSR count). The lowest BCUT2D eigenvalue weighted by Gasteiger charge is -2.10. The van der Waals surface area contributed by atoms with Crippen molar-refractivity contribution in [2.45, 2.75) is 32.3 Å². The average Bonchev–Trinajstić information content (AvgIpc) is 3.18. The van der Waals surface area contributed by atoms with E-state index in [9.17, 15) is 4.79 Å². The van der Waals surface area contributed by atoms with Crippen molar-refractivity contribution in [2.75, 3.05) is 0 Å². The minimum Gasteiger partial charge on any atom is -0.489 e. The Bertz CT molecular complexity index is 962. The fraction of sp³-hybridized carbons (Fsp3) is 0.227. The Morgan fingerprint density at radius 1 is 1.11 bits per heavy atom. The number of aromatic nitrogens is 2. The molecule has 2 N–H and O–H groups in total. The number of aryl methyl sites for hydroxylation is 1. The summed E-state index contributed by atoms with van der Waals surface area (Å²) in [4.78, 5) is 12.3. The molecule has 0 radical (unpaired) electrons. The van der Waals surface area contributed by atoms with E-state index in [0.717, 1.165) is 53.8 Å². The first-order valence-corrected chi connectivity index (χ1v) is 9.46. The van der Waals surface area contributed by atoms with Crippen LogP contribution in [0.1, 0.15) is 45.7 Å². The fourth-order valence-electron chi connectivity index (χ4n) is 3.28. The smallest absolute Gasteiger partial charge is 0.292 e. The minimum absolute atomic E-state index is 0.279. The summed E-state index contributed by atoms with van der Waals surface area (Å²) in [6, 6.07) is 17.6. The Morgan fingerprint density at radius 3 is 2.71 bits per heavy atom. The van der Waals surface area contributed by atoms with E-state index in [1.807, 2.05) is 54.6 Å². The van der Waals surface area contributed by atoms with E-state index in [4.69, 9.17) is 4.74 Å². The minimum atomic E-state index is -0.279. The molecule has 0 aliphatic heterocycles. The molecule has 2 aromatic carbocycles. The number of benzene rings is 2. The van der Waals surface area contributed by atoms with Gasteiger partial charge in [0.15, 0.2) is 5.69 Å². The van der Waals surface area contributed by atoms with Gasteiger partial charge in [0.1, 0.15) is 12.4 Å². The van der Waals surface area contributed by atoms with Gasteiger partial charge in [-0.25, -0.2) is 5.43 Å². The van der Waals surface area contributed by atoms with Crippen LogP contribution in [0.5, 0.6) is 5.75 Å². The molecule has 6 heteroatoms. The molecule has 1 aliphatic carbocycles. The van der Waals surface area contributed by atoms with Crippen molar-refractivity contribution in [3.8, 4) is 5.75 Å². The molecule has 3 aromatic rings. The number of hydrogen-bond donors (Lipinski definition) is 2. The van der Waals surface area contributed by atoms with E-state index in [2.05, 4.69) is 20.7 Å². The van der Waals surface area contributed by atoms with Crippen LogP contribution in [0.2, 0.25) is 0 Å². The lowest BCUT2D eigenvalue weighted by molar-refractivity contribution is 0.0949. The summed E-state index contributed by atoms with van der Waals surface area (Å²) in [5.74, 6) is 0.506.